The number of methoxy groups -OCH3 is 1. The van der Waals surface area contributed by atoms with E-state index in [0.29, 0.717) is 11.6 Å². The largest absolute Gasteiger partial charge is 0.480 e. The van der Waals surface area contributed by atoms with E-state index in [1.165, 1.54) is 17.5 Å². The quantitative estimate of drug-likeness (QED) is 0.870. The molecule has 0 N–H and O–H groups in total. The maximum atomic E-state index is 12.6. The summed E-state index contributed by atoms with van der Waals surface area (Å²) in [6.45, 7) is 3.86. The van der Waals surface area contributed by atoms with Gasteiger partial charge in [-0.25, -0.2) is 8.42 Å². The van der Waals surface area contributed by atoms with Crippen LogP contribution in [0.3, 0.4) is 0 Å². The lowest BCUT2D eigenvalue weighted by Gasteiger charge is -2.21. The van der Waals surface area contributed by atoms with Gasteiger partial charge in [-0.1, -0.05) is 12.1 Å². The van der Waals surface area contributed by atoms with E-state index >= 15 is 0 Å². The van der Waals surface area contributed by atoms with Gasteiger partial charge >= 0.3 is 0 Å². The highest BCUT2D eigenvalue weighted by atomic mass is 32.2. The van der Waals surface area contributed by atoms with Crippen LogP contribution in [0.15, 0.2) is 28.5 Å². The molecule has 0 amide bonds. The number of nitrogens with zero attached hydrogens (tertiary/aromatic N) is 2. The Morgan fingerprint density at radius 2 is 2.00 bits per heavy atom. The molecule has 0 unspecified atom stereocenters. The summed E-state index contributed by atoms with van der Waals surface area (Å²) in [5.74, 6) is 0.308. The first-order chi connectivity index (χ1) is 9.37. The van der Waals surface area contributed by atoms with Crippen LogP contribution in [0, 0.1) is 13.8 Å². The lowest BCUT2D eigenvalue weighted by Crippen LogP contribution is -2.26. The molecule has 0 radical (unpaired) electrons. The Bertz CT molecular complexity index is 723. The van der Waals surface area contributed by atoms with Gasteiger partial charge < -0.3 is 4.74 Å². The van der Waals surface area contributed by atoms with Crippen LogP contribution in [0.1, 0.15) is 11.1 Å². The third-order valence-electron chi connectivity index (χ3n) is 3.21. The molecule has 1 aromatic heterocycles. The second-order valence-corrected chi connectivity index (χ2v) is 7.38. The molecule has 20 heavy (non-hydrogen) atoms. The monoisotopic (exact) mass is 312 g/mol. The third kappa shape index (κ3) is 2.51. The van der Waals surface area contributed by atoms with Crippen LogP contribution in [0.2, 0.25) is 0 Å². The molecule has 0 aliphatic rings. The summed E-state index contributed by atoms with van der Waals surface area (Å²) in [6, 6.07) is 7.02. The van der Waals surface area contributed by atoms with Crippen molar-refractivity contribution in [3.05, 3.63) is 35.4 Å². The number of hydrogen-bond donors (Lipinski definition) is 0. The molecular formula is C13H16N2O3S2. The zero-order valence-corrected chi connectivity index (χ0v) is 13.4. The Morgan fingerprint density at radius 1 is 1.30 bits per heavy atom. The topological polar surface area (TPSA) is 59.5 Å². The van der Waals surface area contributed by atoms with Crippen LogP contribution in [0.25, 0.3) is 0 Å². The molecule has 1 aromatic carbocycles. The summed E-state index contributed by atoms with van der Waals surface area (Å²) >= 11 is 0.909. The minimum absolute atomic E-state index is 0.165. The third-order valence-corrected chi connectivity index (χ3v) is 6.17. The fraction of sp³-hybridized carbons (Fsp3) is 0.308. The van der Waals surface area contributed by atoms with Crippen LogP contribution in [-0.4, -0.2) is 26.9 Å². The Balaban J connectivity index is 2.46. The van der Waals surface area contributed by atoms with Gasteiger partial charge in [-0.05, 0) is 42.6 Å². The van der Waals surface area contributed by atoms with Crippen LogP contribution < -0.4 is 9.04 Å². The van der Waals surface area contributed by atoms with Crippen molar-refractivity contribution in [1.82, 2.24) is 4.37 Å². The molecule has 0 atom stereocenters. The van der Waals surface area contributed by atoms with Crippen molar-refractivity contribution >= 4 is 27.2 Å². The Morgan fingerprint density at radius 3 is 2.60 bits per heavy atom. The summed E-state index contributed by atoms with van der Waals surface area (Å²) in [5, 5.41) is 0. The molecule has 2 rings (SSSR count). The van der Waals surface area contributed by atoms with Crippen LogP contribution in [0.4, 0.5) is 5.69 Å². The highest BCUT2D eigenvalue weighted by Gasteiger charge is 2.25. The summed E-state index contributed by atoms with van der Waals surface area (Å²) < 4.78 is 35.4. The van der Waals surface area contributed by atoms with Crippen molar-refractivity contribution < 1.29 is 13.2 Å². The molecule has 0 bridgehead atoms. The maximum Gasteiger partial charge on any atom is 0.275 e. The van der Waals surface area contributed by atoms with E-state index in [0.717, 1.165) is 22.7 Å². The SMILES string of the molecule is COc1cc(S(=O)(=O)N(C)c2cccc(C)c2C)sn1. The fourth-order valence-corrected chi connectivity index (χ4v) is 4.06. The number of aromatic nitrogens is 1. The van der Waals surface area contributed by atoms with Crippen LogP contribution >= 0.6 is 11.5 Å². The number of aryl methyl sites for hydroxylation is 1. The van der Waals surface area contributed by atoms with Crippen molar-refractivity contribution in [2.45, 2.75) is 18.1 Å². The number of ether oxygens (including phenoxy) is 1. The first kappa shape index (κ1) is 14.8. The van der Waals surface area contributed by atoms with E-state index in [9.17, 15) is 8.42 Å². The van der Waals surface area contributed by atoms with Gasteiger partial charge in [0.2, 0.25) is 5.88 Å². The van der Waals surface area contributed by atoms with E-state index in [1.807, 2.05) is 26.0 Å². The zero-order chi connectivity index (χ0) is 14.9. The van der Waals surface area contributed by atoms with Gasteiger partial charge in [-0.15, -0.1) is 0 Å². The van der Waals surface area contributed by atoms with Gasteiger partial charge in [0.15, 0.2) is 4.21 Å². The first-order valence-corrected chi connectivity index (χ1v) is 8.15. The van der Waals surface area contributed by atoms with Gasteiger partial charge in [0.25, 0.3) is 10.0 Å². The van der Waals surface area contributed by atoms with Crippen molar-refractivity contribution in [2.24, 2.45) is 0 Å². The molecule has 5 nitrogen and oxygen atoms in total. The Labute approximate surface area is 123 Å². The lowest BCUT2D eigenvalue weighted by molar-refractivity contribution is 0.402. The van der Waals surface area contributed by atoms with Gasteiger partial charge in [0, 0.05) is 13.1 Å². The molecular weight excluding hydrogens is 296 g/mol. The Kier molecular flexibility index (Phi) is 4.01. The molecule has 2 aromatic rings. The predicted molar refractivity (Wildman–Crippen MR) is 80.2 cm³/mol. The van der Waals surface area contributed by atoms with E-state index < -0.39 is 10.0 Å². The number of rotatable bonds is 4. The number of sulfonamides is 1. The van der Waals surface area contributed by atoms with E-state index in [2.05, 4.69) is 4.37 Å². The molecule has 0 saturated heterocycles. The smallest absolute Gasteiger partial charge is 0.275 e. The normalized spacial score (nSPS) is 11.4. The minimum atomic E-state index is -3.61. The highest BCUT2D eigenvalue weighted by Crippen LogP contribution is 2.30. The molecule has 108 valence electrons. The molecule has 7 heteroatoms. The van der Waals surface area contributed by atoms with Crippen LogP contribution in [-0.2, 0) is 10.0 Å². The van der Waals surface area contributed by atoms with Crippen molar-refractivity contribution in [2.75, 3.05) is 18.5 Å². The average molecular weight is 312 g/mol. The average Bonchev–Trinajstić information content (AvgIpc) is 2.90. The van der Waals surface area contributed by atoms with E-state index in [1.54, 1.807) is 13.1 Å². The van der Waals surface area contributed by atoms with E-state index in [4.69, 9.17) is 4.74 Å². The molecule has 0 spiro atoms. The van der Waals surface area contributed by atoms with Crippen molar-refractivity contribution in [3.63, 3.8) is 0 Å². The molecule has 1 heterocycles. The molecule has 0 aliphatic heterocycles. The van der Waals surface area contributed by atoms with Gasteiger partial charge in [0.05, 0.1) is 12.8 Å². The summed E-state index contributed by atoms with van der Waals surface area (Å²) in [6.07, 6.45) is 0. The number of anilines is 1. The van der Waals surface area contributed by atoms with Gasteiger partial charge in [-0.3, -0.25) is 4.31 Å². The summed E-state index contributed by atoms with van der Waals surface area (Å²) in [5.41, 5.74) is 2.65. The van der Waals surface area contributed by atoms with Crippen LogP contribution in [0.5, 0.6) is 5.88 Å². The first-order valence-electron chi connectivity index (χ1n) is 5.93. The number of benzene rings is 1. The maximum absolute atomic E-state index is 12.6. The Hall–Kier alpha value is -1.60. The molecule has 0 aliphatic carbocycles. The summed E-state index contributed by atoms with van der Waals surface area (Å²) in [4.78, 5) is 0. The fourth-order valence-electron chi connectivity index (χ4n) is 1.80. The predicted octanol–water partition coefficient (Wildman–Crippen LogP) is 2.59. The number of hydrogen-bond acceptors (Lipinski definition) is 5. The second-order valence-electron chi connectivity index (χ2n) is 4.38. The van der Waals surface area contributed by atoms with Crippen molar-refractivity contribution in [3.8, 4) is 5.88 Å². The standard InChI is InChI=1S/C13H16N2O3S2/c1-9-6-5-7-11(10(9)2)15(3)20(16,17)13-8-12(18-4)14-19-13/h5-8H,1-4H3. The van der Waals surface area contributed by atoms with Crippen molar-refractivity contribution in [1.29, 1.82) is 0 Å². The highest BCUT2D eigenvalue weighted by molar-refractivity contribution is 7.94. The van der Waals surface area contributed by atoms with E-state index in [-0.39, 0.29) is 4.21 Å². The van der Waals surface area contributed by atoms with Gasteiger partial charge in [-0.2, -0.15) is 4.37 Å². The molecule has 0 saturated carbocycles. The lowest BCUT2D eigenvalue weighted by atomic mass is 10.1. The zero-order valence-electron chi connectivity index (χ0n) is 11.7. The van der Waals surface area contributed by atoms with Gasteiger partial charge in [0.1, 0.15) is 0 Å². The molecule has 0 fully saturated rings. The summed E-state index contributed by atoms with van der Waals surface area (Å²) in [7, 11) is -0.608. The minimum Gasteiger partial charge on any atom is -0.480 e. The second kappa shape index (κ2) is 5.41.